The van der Waals surface area contributed by atoms with Gasteiger partial charge in [0.15, 0.2) is 11.4 Å². The number of aryl methyl sites for hydroxylation is 1. The van der Waals surface area contributed by atoms with Crippen molar-refractivity contribution in [2.24, 2.45) is 0 Å². The van der Waals surface area contributed by atoms with Crippen LogP contribution in [0, 0.1) is 0 Å². The molecule has 3 aromatic carbocycles. The zero-order valence-corrected chi connectivity index (χ0v) is 29.6. The summed E-state index contributed by atoms with van der Waals surface area (Å²) < 4.78 is 45.6. The largest absolute Gasteiger partial charge is 0.478 e. The van der Waals surface area contributed by atoms with E-state index in [0.717, 1.165) is 77.9 Å². The summed E-state index contributed by atoms with van der Waals surface area (Å²) in [6.45, 7) is 10.5. The molecular weight excluding hydrogens is 672 g/mol. The number of aliphatic carboxylic acids is 1. The number of piperazine rings is 1. The van der Waals surface area contributed by atoms with Crippen LogP contribution in [0.15, 0.2) is 71.6 Å². The standard InChI is InChI=1S/C37H40F3N3O4S2/c1-5-6-27-21-30(15-16-32(27)47-36(3,4)35(45)46)48-23-33-31(41-34(49-33)26-7-11-28(12-8-26)37(38,39)40)22-42-17-19-43(20-18-42)29-13-9-25(10-14-29)24(2)44/h7-16,21H,5-6,17-20,22-23H2,1-4H3,(H,45,46). The van der Waals surface area contributed by atoms with E-state index < -0.39 is 23.3 Å². The molecule has 2 heterocycles. The first kappa shape index (κ1) is 36.4. The van der Waals surface area contributed by atoms with E-state index in [1.54, 1.807) is 18.7 Å². The van der Waals surface area contributed by atoms with Crippen molar-refractivity contribution in [2.45, 2.75) is 69.5 Å². The quantitative estimate of drug-likeness (QED) is 0.109. The molecule has 49 heavy (non-hydrogen) atoms. The first-order valence-corrected chi connectivity index (χ1v) is 18.0. The summed E-state index contributed by atoms with van der Waals surface area (Å²) in [5, 5.41) is 10.2. The number of benzene rings is 3. The third-order valence-corrected chi connectivity index (χ3v) is 10.8. The first-order chi connectivity index (χ1) is 23.2. The van der Waals surface area contributed by atoms with Crippen LogP contribution in [0.2, 0.25) is 0 Å². The number of ether oxygens (including phenoxy) is 1. The van der Waals surface area contributed by atoms with E-state index in [1.807, 2.05) is 42.5 Å². The molecule has 0 unspecified atom stereocenters. The molecule has 1 aliphatic rings. The monoisotopic (exact) mass is 711 g/mol. The number of carboxylic acid groups (broad SMARTS) is 1. The fourth-order valence-electron chi connectivity index (χ4n) is 5.51. The van der Waals surface area contributed by atoms with Gasteiger partial charge in [-0.2, -0.15) is 13.2 Å². The van der Waals surface area contributed by atoms with Crippen LogP contribution in [-0.4, -0.2) is 58.5 Å². The molecule has 0 saturated carbocycles. The van der Waals surface area contributed by atoms with Crippen LogP contribution >= 0.6 is 23.1 Å². The van der Waals surface area contributed by atoms with Crippen LogP contribution in [0.3, 0.4) is 0 Å². The van der Waals surface area contributed by atoms with E-state index in [4.69, 9.17) is 9.72 Å². The highest BCUT2D eigenvalue weighted by Gasteiger charge is 2.31. The van der Waals surface area contributed by atoms with Crippen molar-refractivity contribution < 1.29 is 32.6 Å². The normalized spacial score (nSPS) is 14.2. The number of thiazole rings is 1. The molecule has 5 rings (SSSR count). The van der Waals surface area contributed by atoms with E-state index in [2.05, 4.69) is 16.7 Å². The lowest BCUT2D eigenvalue weighted by atomic mass is 10.1. The van der Waals surface area contributed by atoms with E-state index in [-0.39, 0.29) is 5.78 Å². The predicted octanol–water partition coefficient (Wildman–Crippen LogP) is 8.84. The van der Waals surface area contributed by atoms with Gasteiger partial charge in [0.2, 0.25) is 0 Å². The Morgan fingerprint density at radius 2 is 1.65 bits per heavy atom. The average molecular weight is 712 g/mol. The molecule has 12 heteroatoms. The molecule has 0 bridgehead atoms. The number of hydrogen-bond acceptors (Lipinski definition) is 8. The van der Waals surface area contributed by atoms with Crippen molar-refractivity contribution in [3.8, 4) is 16.3 Å². The van der Waals surface area contributed by atoms with Crippen LogP contribution < -0.4 is 9.64 Å². The van der Waals surface area contributed by atoms with Crippen molar-refractivity contribution in [3.63, 3.8) is 0 Å². The molecule has 0 atom stereocenters. The molecule has 0 amide bonds. The van der Waals surface area contributed by atoms with E-state index in [0.29, 0.717) is 34.2 Å². The van der Waals surface area contributed by atoms with Crippen LogP contribution in [-0.2, 0) is 29.7 Å². The molecule has 260 valence electrons. The van der Waals surface area contributed by atoms with Crippen molar-refractivity contribution in [1.29, 1.82) is 0 Å². The van der Waals surface area contributed by atoms with Crippen molar-refractivity contribution in [1.82, 2.24) is 9.88 Å². The van der Waals surface area contributed by atoms with Gasteiger partial charge in [-0.05, 0) is 87.4 Å². The number of rotatable bonds is 13. The fraction of sp³-hybridized carbons (Fsp3) is 0.378. The molecule has 1 N–H and O–H groups in total. The summed E-state index contributed by atoms with van der Waals surface area (Å²) >= 11 is 3.13. The van der Waals surface area contributed by atoms with Gasteiger partial charge < -0.3 is 14.7 Å². The summed E-state index contributed by atoms with van der Waals surface area (Å²) in [4.78, 5) is 35.0. The summed E-state index contributed by atoms with van der Waals surface area (Å²) in [5.41, 5.74) is 2.18. The molecular formula is C37H40F3N3O4S2. The number of carbonyl (C=O) groups is 2. The van der Waals surface area contributed by atoms with Gasteiger partial charge in [-0.15, -0.1) is 23.1 Å². The second kappa shape index (κ2) is 15.3. The SMILES string of the molecule is CCCc1cc(SCc2sc(-c3ccc(C(F)(F)F)cc3)nc2CN2CCN(c3ccc(C(C)=O)cc3)CC2)ccc1OC(C)(C)C(=O)O. The minimum atomic E-state index is -4.41. The third kappa shape index (κ3) is 9.23. The summed E-state index contributed by atoms with van der Waals surface area (Å²) in [7, 11) is 0. The number of carboxylic acids is 1. The lowest BCUT2D eigenvalue weighted by Crippen LogP contribution is -2.46. The van der Waals surface area contributed by atoms with Crippen LogP contribution in [0.4, 0.5) is 18.9 Å². The first-order valence-electron chi connectivity index (χ1n) is 16.2. The summed E-state index contributed by atoms with van der Waals surface area (Å²) in [6, 6.07) is 18.6. The highest BCUT2D eigenvalue weighted by molar-refractivity contribution is 7.98. The molecule has 1 aromatic heterocycles. The number of carbonyl (C=O) groups excluding carboxylic acids is 1. The second-order valence-electron chi connectivity index (χ2n) is 12.6. The van der Waals surface area contributed by atoms with Gasteiger partial charge in [0, 0.05) is 65.1 Å². The molecule has 1 aliphatic heterocycles. The van der Waals surface area contributed by atoms with Gasteiger partial charge in [-0.1, -0.05) is 25.5 Å². The molecule has 7 nitrogen and oxygen atoms in total. The van der Waals surface area contributed by atoms with Gasteiger partial charge in [-0.3, -0.25) is 9.69 Å². The Bertz CT molecular complexity index is 1770. The average Bonchev–Trinajstić information content (AvgIpc) is 3.47. The Morgan fingerprint density at radius 3 is 2.24 bits per heavy atom. The van der Waals surface area contributed by atoms with Crippen molar-refractivity contribution >= 4 is 40.5 Å². The smallest absolute Gasteiger partial charge is 0.416 e. The molecule has 0 spiro atoms. The van der Waals surface area contributed by atoms with Crippen LogP contribution in [0.5, 0.6) is 5.75 Å². The number of anilines is 1. The number of aromatic nitrogens is 1. The zero-order chi connectivity index (χ0) is 35.3. The maximum atomic E-state index is 13.2. The maximum Gasteiger partial charge on any atom is 0.416 e. The number of nitrogens with zero attached hydrogens (tertiary/aromatic N) is 3. The minimum absolute atomic E-state index is 0.0384. The number of hydrogen-bond donors (Lipinski definition) is 1. The fourth-order valence-corrected chi connectivity index (χ4v) is 7.64. The number of Topliss-reactive ketones (excluding diaryl/α,β-unsaturated/α-hetero) is 1. The van der Waals surface area contributed by atoms with Crippen LogP contribution in [0.1, 0.15) is 66.2 Å². The van der Waals surface area contributed by atoms with E-state index in [9.17, 15) is 27.9 Å². The number of thioether (sulfide) groups is 1. The van der Waals surface area contributed by atoms with Gasteiger partial charge in [0.25, 0.3) is 0 Å². The van der Waals surface area contributed by atoms with Crippen LogP contribution in [0.25, 0.3) is 10.6 Å². The van der Waals surface area contributed by atoms with Crippen molar-refractivity contribution in [2.75, 3.05) is 31.1 Å². The topological polar surface area (TPSA) is 83.0 Å². The van der Waals surface area contributed by atoms with Gasteiger partial charge >= 0.3 is 12.1 Å². The highest BCUT2D eigenvalue weighted by Crippen LogP contribution is 2.37. The Labute approximate surface area is 293 Å². The number of ketones is 1. The molecule has 0 aliphatic carbocycles. The summed E-state index contributed by atoms with van der Waals surface area (Å²) in [5.74, 6) is 0.162. The molecule has 1 fully saturated rings. The predicted molar refractivity (Wildman–Crippen MR) is 189 cm³/mol. The maximum absolute atomic E-state index is 13.2. The van der Waals surface area contributed by atoms with Gasteiger partial charge in [0.05, 0.1) is 11.3 Å². The second-order valence-corrected chi connectivity index (χ2v) is 14.7. The zero-order valence-electron chi connectivity index (χ0n) is 28.0. The Hall–Kier alpha value is -3.87. The van der Waals surface area contributed by atoms with Gasteiger partial charge in [-0.25, -0.2) is 9.78 Å². The van der Waals surface area contributed by atoms with Gasteiger partial charge in [0.1, 0.15) is 10.8 Å². The van der Waals surface area contributed by atoms with Crippen molar-refractivity contribution in [3.05, 3.63) is 94.0 Å². The van der Waals surface area contributed by atoms with E-state index >= 15 is 0 Å². The third-order valence-electron chi connectivity index (χ3n) is 8.42. The number of alkyl halides is 3. The lowest BCUT2D eigenvalue weighted by molar-refractivity contribution is -0.152. The Morgan fingerprint density at radius 1 is 0.980 bits per heavy atom. The Balaban J connectivity index is 1.34. The number of halogens is 3. The molecule has 1 saturated heterocycles. The minimum Gasteiger partial charge on any atom is -0.478 e. The molecule has 4 aromatic rings. The van der Waals surface area contributed by atoms with E-state index in [1.165, 1.54) is 37.3 Å². The Kier molecular flexibility index (Phi) is 11.4. The molecule has 0 radical (unpaired) electrons. The highest BCUT2D eigenvalue weighted by atomic mass is 32.2. The lowest BCUT2D eigenvalue weighted by Gasteiger charge is -2.36. The summed E-state index contributed by atoms with van der Waals surface area (Å²) in [6.07, 6.45) is -2.81.